The average Bonchev–Trinajstić information content (AvgIpc) is 2.31. The van der Waals surface area contributed by atoms with Crippen molar-refractivity contribution in [2.75, 3.05) is 6.61 Å². The Hall–Kier alpha value is -1.70. The van der Waals surface area contributed by atoms with Gasteiger partial charge in [0.15, 0.2) is 5.75 Å². The van der Waals surface area contributed by atoms with E-state index in [9.17, 15) is 22.8 Å². The molecule has 0 amide bonds. The van der Waals surface area contributed by atoms with Crippen LogP contribution in [-0.2, 0) is 21.8 Å². The van der Waals surface area contributed by atoms with Crippen molar-refractivity contribution in [3.05, 3.63) is 27.7 Å². The Labute approximate surface area is 116 Å². The molecule has 0 aromatic carbocycles. The highest BCUT2D eigenvalue weighted by Crippen LogP contribution is 2.29. The Kier molecular flexibility index (Phi) is 5.43. The molecule has 9 heteroatoms. The molecule has 0 saturated heterocycles. The monoisotopic (exact) mass is 313 g/mol. The summed E-state index contributed by atoms with van der Waals surface area (Å²) in [5.41, 5.74) is -1.18. The number of carbonyl (C=O) groups excluding carboxylic acids is 1. The van der Waals surface area contributed by atoms with Gasteiger partial charge in [0.25, 0.3) is 0 Å². The van der Waals surface area contributed by atoms with Crippen LogP contribution in [0.5, 0.6) is 5.75 Å². The number of alkyl halides is 4. The van der Waals surface area contributed by atoms with Crippen molar-refractivity contribution in [1.29, 1.82) is 0 Å². The van der Waals surface area contributed by atoms with Crippen molar-refractivity contribution >= 4 is 17.6 Å². The Balaban J connectivity index is 3.22. The molecule has 1 rings (SSSR count). The predicted molar refractivity (Wildman–Crippen MR) is 63.6 cm³/mol. The molecule has 0 aliphatic heterocycles. The fourth-order valence-electron chi connectivity index (χ4n) is 1.48. The van der Waals surface area contributed by atoms with Crippen LogP contribution >= 0.6 is 11.6 Å². The highest BCUT2D eigenvalue weighted by atomic mass is 35.5. The molecule has 0 unspecified atom stereocenters. The topological polar surface area (TPSA) is 68.4 Å². The normalized spacial score (nSPS) is 11.2. The van der Waals surface area contributed by atoms with Crippen LogP contribution in [0, 0.1) is 0 Å². The summed E-state index contributed by atoms with van der Waals surface area (Å²) >= 11 is 5.49. The number of aromatic amines is 1. The van der Waals surface area contributed by atoms with Gasteiger partial charge < -0.3 is 14.5 Å². The summed E-state index contributed by atoms with van der Waals surface area (Å²) in [5.74, 6) is -1.84. The number of nitrogens with one attached hydrogen (secondary N) is 1. The van der Waals surface area contributed by atoms with E-state index in [0.29, 0.717) is 0 Å². The number of rotatable bonds is 5. The molecule has 1 N–H and O–H groups in total. The third-order valence-electron chi connectivity index (χ3n) is 2.13. The zero-order valence-electron chi connectivity index (χ0n) is 10.3. The lowest BCUT2D eigenvalue weighted by Gasteiger charge is -2.15. The second kappa shape index (κ2) is 6.65. The minimum atomic E-state index is -4.97. The summed E-state index contributed by atoms with van der Waals surface area (Å²) in [5, 5.41) is 0. The number of hydrogen-bond acceptors (Lipinski definition) is 4. The number of H-pyrrole nitrogens is 1. The molecule has 0 atom stereocenters. The highest BCUT2D eigenvalue weighted by molar-refractivity contribution is 6.17. The zero-order chi connectivity index (χ0) is 15.3. The van der Waals surface area contributed by atoms with E-state index in [0.717, 1.165) is 6.07 Å². The number of halogens is 4. The van der Waals surface area contributed by atoms with Crippen LogP contribution in [0.15, 0.2) is 10.9 Å². The minimum absolute atomic E-state index is 0.0632. The van der Waals surface area contributed by atoms with E-state index < -0.39 is 30.1 Å². The molecule has 1 aromatic rings. The second-order valence-electron chi connectivity index (χ2n) is 3.63. The van der Waals surface area contributed by atoms with Crippen LogP contribution < -0.4 is 10.3 Å². The number of pyridine rings is 1. The van der Waals surface area contributed by atoms with Gasteiger partial charge in [-0.05, 0) is 6.92 Å². The van der Waals surface area contributed by atoms with Gasteiger partial charge in [0.2, 0.25) is 5.56 Å². The minimum Gasteiger partial charge on any atom is -0.466 e. The van der Waals surface area contributed by atoms with Gasteiger partial charge in [0.05, 0.1) is 24.6 Å². The summed E-state index contributed by atoms with van der Waals surface area (Å²) in [6.07, 6.45) is -5.53. The van der Waals surface area contributed by atoms with Gasteiger partial charge in [-0.2, -0.15) is 0 Å². The summed E-state index contributed by atoms with van der Waals surface area (Å²) in [7, 11) is 0. The van der Waals surface area contributed by atoms with Gasteiger partial charge >= 0.3 is 12.3 Å². The standard InChI is InChI=1S/C11H11ClF3NO4/c1-2-19-9(18)4-7-10(20-11(13,14)15)6(5-12)3-8(17)16-7/h3H,2,4-5H2,1H3,(H,16,17). The number of aromatic nitrogens is 1. The van der Waals surface area contributed by atoms with Gasteiger partial charge in [-0.15, -0.1) is 24.8 Å². The Morgan fingerprint density at radius 1 is 1.45 bits per heavy atom. The molecule has 0 spiro atoms. The van der Waals surface area contributed by atoms with Crippen LogP contribution in [0.1, 0.15) is 18.2 Å². The van der Waals surface area contributed by atoms with Gasteiger partial charge in [0, 0.05) is 11.6 Å². The molecule has 20 heavy (non-hydrogen) atoms. The van der Waals surface area contributed by atoms with E-state index in [4.69, 9.17) is 11.6 Å². The fraction of sp³-hybridized carbons (Fsp3) is 0.455. The maximum absolute atomic E-state index is 12.4. The number of ether oxygens (including phenoxy) is 2. The highest BCUT2D eigenvalue weighted by Gasteiger charge is 2.34. The molecule has 1 aromatic heterocycles. The first-order valence-electron chi connectivity index (χ1n) is 5.49. The number of esters is 1. The smallest absolute Gasteiger partial charge is 0.466 e. The molecule has 0 saturated carbocycles. The lowest BCUT2D eigenvalue weighted by atomic mass is 10.2. The maximum Gasteiger partial charge on any atom is 0.573 e. The molecule has 0 fully saturated rings. The van der Waals surface area contributed by atoms with Gasteiger partial charge in [-0.25, -0.2) is 0 Å². The second-order valence-corrected chi connectivity index (χ2v) is 3.90. The first-order chi connectivity index (χ1) is 9.26. The van der Waals surface area contributed by atoms with Crippen LogP contribution in [-0.4, -0.2) is 23.9 Å². The third-order valence-corrected chi connectivity index (χ3v) is 2.42. The number of carbonyl (C=O) groups is 1. The van der Waals surface area contributed by atoms with Gasteiger partial charge in [-0.3, -0.25) is 9.59 Å². The van der Waals surface area contributed by atoms with Crippen molar-refractivity contribution in [2.24, 2.45) is 0 Å². The largest absolute Gasteiger partial charge is 0.573 e. The molecule has 0 radical (unpaired) electrons. The molecule has 1 heterocycles. The van der Waals surface area contributed by atoms with Crippen LogP contribution in [0.3, 0.4) is 0 Å². The van der Waals surface area contributed by atoms with Crippen LogP contribution in [0.25, 0.3) is 0 Å². The van der Waals surface area contributed by atoms with E-state index in [1.807, 2.05) is 0 Å². The molecular formula is C11H11ClF3NO4. The summed E-state index contributed by atoms with van der Waals surface area (Å²) < 4.78 is 45.5. The summed E-state index contributed by atoms with van der Waals surface area (Å²) in [4.78, 5) is 24.8. The predicted octanol–water partition coefficient (Wildman–Crippen LogP) is 2.12. The summed E-state index contributed by atoms with van der Waals surface area (Å²) in [6.45, 7) is 1.61. The first-order valence-corrected chi connectivity index (χ1v) is 6.02. The molecular weight excluding hydrogens is 303 g/mol. The van der Waals surface area contributed by atoms with E-state index in [1.165, 1.54) is 0 Å². The third kappa shape index (κ3) is 4.76. The Morgan fingerprint density at radius 3 is 2.60 bits per heavy atom. The molecule has 0 aliphatic carbocycles. The first kappa shape index (κ1) is 16.4. The van der Waals surface area contributed by atoms with Crippen molar-refractivity contribution in [3.8, 4) is 5.75 Å². The van der Waals surface area contributed by atoms with Crippen molar-refractivity contribution in [2.45, 2.75) is 25.6 Å². The Bertz CT molecular complexity index is 541. The maximum atomic E-state index is 12.4. The molecule has 5 nitrogen and oxygen atoms in total. The van der Waals surface area contributed by atoms with E-state index in [1.54, 1.807) is 6.92 Å². The fourth-order valence-corrected chi connectivity index (χ4v) is 1.68. The van der Waals surface area contributed by atoms with Crippen molar-refractivity contribution in [1.82, 2.24) is 4.98 Å². The average molecular weight is 314 g/mol. The van der Waals surface area contributed by atoms with Gasteiger partial charge in [-0.1, -0.05) is 0 Å². The van der Waals surface area contributed by atoms with Crippen LogP contribution in [0.2, 0.25) is 0 Å². The lowest BCUT2D eigenvalue weighted by Crippen LogP contribution is -2.23. The van der Waals surface area contributed by atoms with E-state index in [2.05, 4.69) is 14.5 Å². The Morgan fingerprint density at radius 2 is 2.10 bits per heavy atom. The van der Waals surface area contributed by atoms with Crippen LogP contribution in [0.4, 0.5) is 13.2 Å². The van der Waals surface area contributed by atoms with Gasteiger partial charge in [0.1, 0.15) is 0 Å². The quantitative estimate of drug-likeness (QED) is 0.668. The zero-order valence-corrected chi connectivity index (χ0v) is 11.1. The number of hydrogen-bond donors (Lipinski definition) is 1. The molecule has 0 aliphatic rings. The molecule has 0 bridgehead atoms. The van der Waals surface area contributed by atoms with Crippen molar-refractivity contribution < 1.29 is 27.4 Å². The van der Waals surface area contributed by atoms with Crippen molar-refractivity contribution in [3.63, 3.8) is 0 Å². The summed E-state index contributed by atoms with van der Waals surface area (Å²) in [6, 6.07) is 0.878. The van der Waals surface area contributed by atoms with E-state index >= 15 is 0 Å². The lowest BCUT2D eigenvalue weighted by molar-refractivity contribution is -0.275. The molecule has 112 valence electrons. The van der Waals surface area contributed by atoms with E-state index in [-0.39, 0.29) is 23.7 Å². The SMILES string of the molecule is CCOC(=O)Cc1[nH]c(=O)cc(CCl)c1OC(F)(F)F.